The summed E-state index contributed by atoms with van der Waals surface area (Å²) in [6.07, 6.45) is 0.0995. The smallest absolute Gasteiger partial charge is 0.115 e. The van der Waals surface area contributed by atoms with E-state index in [9.17, 15) is 0 Å². The largest absolute Gasteiger partial charge is 0.363 e. The Bertz CT molecular complexity index is 369. The van der Waals surface area contributed by atoms with Crippen LogP contribution in [0.3, 0.4) is 0 Å². The molecule has 1 nitrogen and oxygen atoms in total. The molecule has 0 spiro atoms. The van der Waals surface area contributed by atoms with Crippen molar-refractivity contribution in [2.24, 2.45) is 0 Å². The first kappa shape index (κ1) is 10.6. The SMILES string of the molecule is Cc1ccc(C2OCC(I)=C2Br)cc1. The van der Waals surface area contributed by atoms with Gasteiger partial charge in [0.2, 0.25) is 0 Å². The van der Waals surface area contributed by atoms with E-state index in [1.165, 1.54) is 19.2 Å². The molecule has 14 heavy (non-hydrogen) atoms. The van der Waals surface area contributed by atoms with Crippen molar-refractivity contribution >= 4 is 38.5 Å². The molecule has 3 heteroatoms. The molecule has 0 saturated carbocycles. The third kappa shape index (κ3) is 2.04. The van der Waals surface area contributed by atoms with Gasteiger partial charge in [0.15, 0.2) is 0 Å². The van der Waals surface area contributed by atoms with Crippen LogP contribution in [-0.2, 0) is 4.74 Å². The summed E-state index contributed by atoms with van der Waals surface area (Å²) < 4.78 is 8.10. The summed E-state index contributed by atoms with van der Waals surface area (Å²) in [5.41, 5.74) is 2.50. The minimum atomic E-state index is 0.0995. The van der Waals surface area contributed by atoms with Gasteiger partial charge in [-0.2, -0.15) is 0 Å². The summed E-state index contributed by atoms with van der Waals surface area (Å²) in [5, 5.41) is 0. The van der Waals surface area contributed by atoms with Crippen LogP contribution in [0.25, 0.3) is 0 Å². The first-order valence-electron chi connectivity index (χ1n) is 4.40. The maximum absolute atomic E-state index is 5.67. The number of ether oxygens (including phenoxy) is 1. The van der Waals surface area contributed by atoms with Gasteiger partial charge in [-0.15, -0.1) is 0 Å². The van der Waals surface area contributed by atoms with Crippen molar-refractivity contribution in [2.75, 3.05) is 6.61 Å². The lowest BCUT2D eigenvalue weighted by Gasteiger charge is -2.10. The zero-order chi connectivity index (χ0) is 10.1. The van der Waals surface area contributed by atoms with Crippen LogP contribution in [0.1, 0.15) is 17.2 Å². The normalized spacial score (nSPS) is 21.8. The third-order valence-electron chi connectivity index (χ3n) is 2.25. The highest BCUT2D eigenvalue weighted by Crippen LogP contribution is 2.40. The van der Waals surface area contributed by atoms with E-state index in [-0.39, 0.29) is 6.10 Å². The lowest BCUT2D eigenvalue weighted by Crippen LogP contribution is -1.97. The minimum Gasteiger partial charge on any atom is -0.363 e. The Kier molecular flexibility index (Phi) is 3.29. The highest BCUT2D eigenvalue weighted by atomic mass is 127. The average molecular weight is 365 g/mol. The molecule has 74 valence electrons. The predicted octanol–water partition coefficient (Wildman–Crippen LogP) is 4.11. The van der Waals surface area contributed by atoms with E-state index in [0.29, 0.717) is 0 Å². The third-order valence-corrected chi connectivity index (χ3v) is 4.77. The Labute approximate surface area is 106 Å². The van der Waals surface area contributed by atoms with Gasteiger partial charge in [0, 0.05) is 8.06 Å². The fourth-order valence-electron chi connectivity index (χ4n) is 1.42. The zero-order valence-electron chi connectivity index (χ0n) is 7.76. The van der Waals surface area contributed by atoms with Crippen molar-refractivity contribution in [3.8, 4) is 0 Å². The van der Waals surface area contributed by atoms with Gasteiger partial charge in [0.05, 0.1) is 6.61 Å². The van der Waals surface area contributed by atoms with Gasteiger partial charge in [-0.05, 0) is 35.1 Å². The van der Waals surface area contributed by atoms with E-state index in [2.05, 4.69) is 69.7 Å². The van der Waals surface area contributed by atoms with E-state index >= 15 is 0 Å². The monoisotopic (exact) mass is 364 g/mol. The molecule has 0 radical (unpaired) electrons. The Hall–Kier alpha value is 0.130. The zero-order valence-corrected chi connectivity index (χ0v) is 11.5. The van der Waals surface area contributed by atoms with Crippen molar-refractivity contribution < 1.29 is 4.74 Å². The fraction of sp³-hybridized carbons (Fsp3) is 0.273. The molecule has 0 saturated heterocycles. The molecular formula is C11H10BrIO. The summed E-state index contributed by atoms with van der Waals surface area (Å²) in [6.45, 7) is 2.81. The van der Waals surface area contributed by atoms with E-state index in [0.717, 1.165) is 6.61 Å². The topological polar surface area (TPSA) is 9.23 Å². The van der Waals surface area contributed by atoms with Crippen LogP contribution in [0, 0.1) is 6.92 Å². The lowest BCUT2D eigenvalue weighted by atomic mass is 10.1. The molecule has 1 aliphatic heterocycles. The highest BCUT2D eigenvalue weighted by molar-refractivity contribution is 14.1. The standard InChI is InChI=1S/C11H10BrIO/c1-7-2-4-8(5-3-7)11-10(12)9(13)6-14-11/h2-5,11H,6H2,1H3. The van der Waals surface area contributed by atoms with Crippen LogP contribution in [-0.4, -0.2) is 6.61 Å². The van der Waals surface area contributed by atoms with Gasteiger partial charge in [-0.3, -0.25) is 0 Å². The van der Waals surface area contributed by atoms with Crippen molar-refractivity contribution in [1.82, 2.24) is 0 Å². The van der Waals surface area contributed by atoms with Crippen LogP contribution < -0.4 is 0 Å². The number of rotatable bonds is 1. The van der Waals surface area contributed by atoms with Crippen molar-refractivity contribution in [2.45, 2.75) is 13.0 Å². The van der Waals surface area contributed by atoms with E-state index < -0.39 is 0 Å². The number of hydrogen-bond acceptors (Lipinski definition) is 1. The second-order valence-electron chi connectivity index (χ2n) is 3.35. The highest BCUT2D eigenvalue weighted by Gasteiger charge is 2.24. The van der Waals surface area contributed by atoms with Crippen LogP contribution >= 0.6 is 38.5 Å². The Morgan fingerprint density at radius 2 is 2.00 bits per heavy atom. The minimum absolute atomic E-state index is 0.0995. The van der Waals surface area contributed by atoms with Crippen LogP contribution in [0.2, 0.25) is 0 Å². The molecule has 0 amide bonds. The maximum Gasteiger partial charge on any atom is 0.115 e. The molecule has 1 aliphatic rings. The number of benzene rings is 1. The first-order valence-corrected chi connectivity index (χ1v) is 6.28. The van der Waals surface area contributed by atoms with Crippen LogP contribution in [0.5, 0.6) is 0 Å². The van der Waals surface area contributed by atoms with Crippen molar-refractivity contribution in [1.29, 1.82) is 0 Å². The molecule has 0 aliphatic carbocycles. The second-order valence-corrected chi connectivity index (χ2v) is 5.51. The van der Waals surface area contributed by atoms with E-state index in [4.69, 9.17) is 4.74 Å². The maximum atomic E-state index is 5.67. The van der Waals surface area contributed by atoms with E-state index in [1.807, 2.05) is 0 Å². The van der Waals surface area contributed by atoms with Crippen LogP contribution in [0.15, 0.2) is 32.3 Å². The Morgan fingerprint density at radius 1 is 1.36 bits per heavy atom. The Balaban J connectivity index is 2.29. The summed E-state index contributed by atoms with van der Waals surface area (Å²) >= 11 is 5.89. The lowest BCUT2D eigenvalue weighted by molar-refractivity contribution is 0.127. The summed E-state index contributed by atoms with van der Waals surface area (Å²) in [6, 6.07) is 8.47. The van der Waals surface area contributed by atoms with Gasteiger partial charge in [-0.25, -0.2) is 0 Å². The predicted molar refractivity (Wildman–Crippen MR) is 69.8 cm³/mol. The molecule has 0 aromatic heterocycles. The van der Waals surface area contributed by atoms with Gasteiger partial charge in [0.1, 0.15) is 6.10 Å². The fourth-order valence-corrected chi connectivity index (χ4v) is 2.40. The van der Waals surface area contributed by atoms with E-state index in [1.54, 1.807) is 0 Å². The molecule has 0 N–H and O–H groups in total. The molecule has 1 aromatic rings. The summed E-state index contributed by atoms with van der Waals surface area (Å²) in [4.78, 5) is 0. The molecule has 1 atom stereocenters. The van der Waals surface area contributed by atoms with Gasteiger partial charge < -0.3 is 4.74 Å². The second kappa shape index (κ2) is 4.33. The van der Waals surface area contributed by atoms with Gasteiger partial charge in [0.25, 0.3) is 0 Å². The van der Waals surface area contributed by atoms with Crippen molar-refractivity contribution in [3.63, 3.8) is 0 Å². The molecule has 2 rings (SSSR count). The number of hydrogen-bond donors (Lipinski definition) is 0. The molecule has 0 bridgehead atoms. The quantitative estimate of drug-likeness (QED) is 0.681. The average Bonchev–Trinajstić information content (AvgIpc) is 2.50. The molecular weight excluding hydrogens is 355 g/mol. The molecule has 1 aromatic carbocycles. The van der Waals surface area contributed by atoms with Gasteiger partial charge >= 0.3 is 0 Å². The summed E-state index contributed by atoms with van der Waals surface area (Å²) in [5.74, 6) is 0. The van der Waals surface area contributed by atoms with Crippen molar-refractivity contribution in [3.05, 3.63) is 43.5 Å². The summed E-state index contributed by atoms with van der Waals surface area (Å²) in [7, 11) is 0. The number of aryl methyl sites for hydroxylation is 1. The molecule has 1 unspecified atom stereocenters. The number of halogens is 2. The van der Waals surface area contributed by atoms with Gasteiger partial charge in [-0.1, -0.05) is 45.8 Å². The first-order chi connectivity index (χ1) is 6.68. The molecule has 0 fully saturated rings. The molecule has 1 heterocycles. The van der Waals surface area contributed by atoms with Crippen LogP contribution in [0.4, 0.5) is 0 Å². The Morgan fingerprint density at radius 3 is 2.50 bits per heavy atom.